The molecule has 0 radical (unpaired) electrons. The molecule has 0 unspecified atom stereocenters. The highest BCUT2D eigenvalue weighted by Gasteiger charge is 2.03. The number of aromatic nitrogens is 2. The molecule has 90 valence electrons. The van der Waals surface area contributed by atoms with E-state index in [9.17, 15) is 0 Å². The van der Waals surface area contributed by atoms with E-state index in [-0.39, 0.29) is 0 Å². The van der Waals surface area contributed by atoms with Crippen molar-refractivity contribution in [3.8, 4) is 11.5 Å². The average molecular weight is 232 g/mol. The van der Waals surface area contributed by atoms with Crippen molar-refractivity contribution in [2.75, 3.05) is 7.11 Å². The number of hydrogen-bond donors (Lipinski definition) is 0. The minimum Gasteiger partial charge on any atom is -0.497 e. The van der Waals surface area contributed by atoms with E-state index in [1.54, 1.807) is 7.11 Å². The summed E-state index contributed by atoms with van der Waals surface area (Å²) in [7, 11) is 3.60. The van der Waals surface area contributed by atoms with Crippen molar-refractivity contribution >= 4 is 0 Å². The third kappa shape index (κ3) is 2.78. The largest absolute Gasteiger partial charge is 0.497 e. The predicted molar refractivity (Wildman–Crippen MR) is 65.3 cm³/mol. The van der Waals surface area contributed by atoms with Gasteiger partial charge in [-0.05, 0) is 19.1 Å². The Labute approximate surface area is 101 Å². The van der Waals surface area contributed by atoms with Crippen LogP contribution in [0.25, 0.3) is 0 Å². The normalized spacial score (nSPS) is 10.3. The van der Waals surface area contributed by atoms with Gasteiger partial charge in [0.15, 0.2) is 0 Å². The Morgan fingerprint density at radius 1 is 1.29 bits per heavy atom. The zero-order chi connectivity index (χ0) is 12.3. The van der Waals surface area contributed by atoms with E-state index in [4.69, 9.17) is 9.47 Å². The van der Waals surface area contributed by atoms with Crippen LogP contribution in [0.3, 0.4) is 0 Å². The van der Waals surface area contributed by atoms with Gasteiger partial charge in [-0.2, -0.15) is 0 Å². The van der Waals surface area contributed by atoms with Gasteiger partial charge in [0.1, 0.15) is 23.9 Å². The number of methoxy groups -OCH3 is 1. The van der Waals surface area contributed by atoms with Crippen LogP contribution in [-0.2, 0) is 13.7 Å². The second-order valence-electron chi connectivity index (χ2n) is 3.88. The number of nitrogens with zero attached hydrogens (tertiary/aromatic N) is 2. The molecular formula is C13H16N2O2. The molecule has 0 saturated heterocycles. The first kappa shape index (κ1) is 11.5. The maximum Gasteiger partial charge on any atom is 0.146 e. The molecule has 2 aromatic rings. The Morgan fingerprint density at radius 3 is 2.71 bits per heavy atom. The number of imidazole rings is 1. The number of benzene rings is 1. The number of hydrogen-bond acceptors (Lipinski definition) is 3. The Bertz CT molecular complexity index is 506. The molecule has 1 heterocycles. The molecule has 0 aliphatic rings. The van der Waals surface area contributed by atoms with Gasteiger partial charge in [0.2, 0.25) is 0 Å². The zero-order valence-electron chi connectivity index (χ0n) is 10.3. The van der Waals surface area contributed by atoms with Gasteiger partial charge < -0.3 is 14.0 Å². The standard InChI is InChI=1S/C13H16N2O2/c1-10-8-15(2)13(14-10)9-17-12-6-4-5-11(7-12)16-3/h4-8H,9H2,1-3H3. The molecule has 2 rings (SSSR count). The van der Waals surface area contributed by atoms with Gasteiger partial charge in [0.25, 0.3) is 0 Å². The van der Waals surface area contributed by atoms with Gasteiger partial charge in [-0.3, -0.25) is 0 Å². The SMILES string of the molecule is COc1cccc(OCc2nc(C)cn2C)c1. The highest BCUT2D eigenvalue weighted by atomic mass is 16.5. The lowest BCUT2D eigenvalue weighted by molar-refractivity contribution is 0.289. The van der Waals surface area contributed by atoms with E-state index in [0.29, 0.717) is 6.61 Å². The van der Waals surface area contributed by atoms with Gasteiger partial charge in [-0.15, -0.1) is 0 Å². The molecule has 4 nitrogen and oxygen atoms in total. The predicted octanol–water partition coefficient (Wildman–Crippen LogP) is 2.32. The smallest absolute Gasteiger partial charge is 0.146 e. The minimum absolute atomic E-state index is 0.456. The first-order valence-electron chi connectivity index (χ1n) is 5.45. The monoisotopic (exact) mass is 232 g/mol. The van der Waals surface area contributed by atoms with Crippen LogP contribution < -0.4 is 9.47 Å². The molecule has 0 fully saturated rings. The summed E-state index contributed by atoms with van der Waals surface area (Å²) in [5, 5.41) is 0. The van der Waals surface area contributed by atoms with Gasteiger partial charge in [0.05, 0.1) is 12.8 Å². The average Bonchev–Trinajstić information content (AvgIpc) is 2.65. The van der Waals surface area contributed by atoms with Crippen LogP contribution in [0.15, 0.2) is 30.5 Å². The maximum absolute atomic E-state index is 5.67. The van der Waals surface area contributed by atoms with E-state index in [1.807, 2.05) is 49.0 Å². The molecule has 4 heteroatoms. The van der Waals surface area contributed by atoms with E-state index in [2.05, 4.69) is 4.98 Å². The highest BCUT2D eigenvalue weighted by molar-refractivity contribution is 5.32. The molecule has 0 bridgehead atoms. The highest BCUT2D eigenvalue weighted by Crippen LogP contribution is 2.19. The van der Waals surface area contributed by atoms with E-state index in [1.165, 1.54) is 0 Å². The molecule has 0 amide bonds. The van der Waals surface area contributed by atoms with Crippen molar-refractivity contribution in [1.29, 1.82) is 0 Å². The Kier molecular flexibility index (Phi) is 3.32. The molecule has 0 saturated carbocycles. The Morgan fingerprint density at radius 2 is 2.06 bits per heavy atom. The molecule has 0 aliphatic carbocycles. The summed E-state index contributed by atoms with van der Waals surface area (Å²) in [5.41, 5.74) is 0.997. The van der Waals surface area contributed by atoms with E-state index >= 15 is 0 Å². The summed E-state index contributed by atoms with van der Waals surface area (Å²) in [6, 6.07) is 7.55. The van der Waals surface area contributed by atoms with Crippen LogP contribution in [-0.4, -0.2) is 16.7 Å². The summed E-state index contributed by atoms with van der Waals surface area (Å²) in [5.74, 6) is 2.48. The topological polar surface area (TPSA) is 36.3 Å². The molecule has 0 N–H and O–H groups in total. The summed E-state index contributed by atoms with van der Waals surface area (Å²) < 4.78 is 12.8. The third-order valence-electron chi connectivity index (χ3n) is 2.50. The Hall–Kier alpha value is -1.97. The first-order chi connectivity index (χ1) is 8.19. The summed E-state index contributed by atoms with van der Waals surface area (Å²) in [6.07, 6.45) is 1.98. The fourth-order valence-electron chi connectivity index (χ4n) is 1.64. The molecule has 0 spiro atoms. The van der Waals surface area contributed by atoms with Crippen LogP contribution in [0.5, 0.6) is 11.5 Å². The van der Waals surface area contributed by atoms with Crippen molar-refractivity contribution in [1.82, 2.24) is 9.55 Å². The van der Waals surface area contributed by atoms with Crippen LogP contribution in [0.2, 0.25) is 0 Å². The van der Waals surface area contributed by atoms with Gasteiger partial charge in [-0.25, -0.2) is 4.98 Å². The number of ether oxygens (including phenoxy) is 2. The Balaban J connectivity index is 2.04. The molecule has 17 heavy (non-hydrogen) atoms. The summed E-state index contributed by atoms with van der Waals surface area (Å²) >= 11 is 0. The molecule has 0 aliphatic heterocycles. The minimum atomic E-state index is 0.456. The lowest BCUT2D eigenvalue weighted by atomic mass is 10.3. The van der Waals surface area contributed by atoms with Crippen molar-refractivity contribution in [3.05, 3.63) is 42.0 Å². The van der Waals surface area contributed by atoms with Gasteiger partial charge in [-0.1, -0.05) is 6.07 Å². The van der Waals surface area contributed by atoms with E-state index in [0.717, 1.165) is 23.0 Å². The quantitative estimate of drug-likeness (QED) is 0.811. The molecule has 1 aromatic heterocycles. The van der Waals surface area contributed by atoms with Gasteiger partial charge >= 0.3 is 0 Å². The van der Waals surface area contributed by atoms with Crippen molar-refractivity contribution in [3.63, 3.8) is 0 Å². The van der Waals surface area contributed by atoms with Crippen molar-refractivity contribution < 1.29 is 9.47 Å². The van der Waals surface area contributed by atoms with Gasteiger partial charge in [0, 0.05) is 19.3 Å². The lowest BCUT2D eigenvalue weighted by Gasteiger charge is -2.07. The zero-order valence-corrected chi connectivity index (χ0v) is 10.3. The fraction of sp³-hybridized carbons (Fsp3) is 0.308. The first-order valence-corrected chi connectivity index (χ1v) is 5.45. The van der Waals surface area contributed by atoms with Crippen molar-refractivity contribution in [2.45, 2.75) is 13.5 Å². The summed E-state index contributed by atoms with van der Waals surface area (Å²) in [6.45, 7) is 2.42. The third-order valence-corrected chi connectivity index (χ3v) is 2.50. The lowest BCUT2D eigenvalue weighted by Crippen LogP contribution is -2.03. The molecular weight excluding hydrogens is 216 g/mol. The van der Waals surface area contributed by atoms with Crippen molar-refractivity contribution in [2.24, 2.45) is 7.05 Å². The second-order valence-corrected chi connectivity index (χ2v) is 3.88. The molecule has 0 atom stereocenters. The van der Waals surface area contributed by atoms with Crippen LogP contribution >= 0.6 is 0 Å². The maximum atomic E-state index is 5.67. The van der Waals surface area contributed by atoms with Crippen LogP contribution in [0.4, 0.5) is 0 Å². The van der Waals surface area contributed by atoms with Crippen LogP contribution in [0.1, 0.15) is 11.5 Å². The van der Waals surface area contributed by atoms with E-state index < -0.39 is 0 Å². The summed E-state index contributed by atoms with van der Waals surface area (Å²) in [4.78, 5) is 4.37. The fourth-order valence-corrected chi connectivity index (χ4v) is 1.64. The molecule has 1 aromatic carbocycles. The number of aryl methyl sites for hydroxylation is 2. The van der Waals surface area contributed by atoms with Crippen LogP contribution in [0, 0.1) is 6.92 Å². The number of rotatable bonds is 4. The second kappa shape index (κ2) is 4.91.